The van der Waals surface area contributed by atoms with Gasteiger partial charge in [-0.25, -0.2) is 9.48 Å². The van der Waals surface area contributed by atoms with Crippen LogP contribution in [0.2, 0.25) is 0 Å². The van der Waals surface area contributed by atoms with Crippen molar-refractivity contribution >= 4 is 5.97 Å². The second kappa shape index (κ2) is 9.46. The van der Waals surface area contributed by atoms with Gasteiger partial charge in [-0.3, -0.25) is 4.90 Å². The van der Waals surface area contributed by atoms with E-state index in [2.05, 4.69) is 10.00 Å². The lowest BCUT2D eigenvalue weighted by Gasteiger charge is -2.27. The Balaban J connectivity index is 1.61. The number of nitrogens with zero attached hydrogens (tertiary/aromatic N) is 3. The van der Waals surface area contributed by atoms with Gasteiger partial charge in [0.1, 0.15) is 18.8 Å². The van der Waals surface area contributed by atoms with Gasteiger partial charge in [0.05, 0.1) is 50.1 Å². The number of aromatic nitrogens is 2. The summed E-state index contributed by atoms with van der Waals surface area (Å²) < 4.78 is 29.5. The van der Waals surface area contributed by atoms with Gasteiger partial charge in [0.2, 0.25) is 0 Å². The van der Waals surface area contributed by atoms with Gasteiger partial charge >= 0.3 is 5.97 Å². The Kier molecular flexibility index (Phi) is 6.51. The number of carbonyl (C=O) groups excluding carboxylic acids is 1. The molecule has 2 aromatic rings. The normalized spacial score (nSPS) is 18.4. The first-order valence-electron chi connectivity index (χ1n) is 10.2. The summed E-state index contributed by atoms with van der Waals surface area (Å²) in [6.45, 7) is 6.08. The number of carbonyl (C=O) groups is 1. The molecule has 1 aromatic heterocycles. The molecule has 0 N–H and O–H groups in total. The highest BCUT2D eigenvalue weighted by atomic mass is 16.6. The second-order valence-corrected chi connectivity index (χ2v) is 7.23. The van der Waals surface area contributed by atoms with Crippen molar-refractivity contribution in [3.8, 4) is 17.2 Å². The number of likely N-dealkylation sites (N-methyl/N-ethyl adjacent to an activating group) is 1. The predicted octanol–water partition coefficient (Wildman–Crippen LogP) is 1.67. The molecule has 0 spiro atoms. The molecule has 3 heterocycles. The van der Waals surface area contributed by atoms with Crippen molar-refractivity contribution in [1.82, 2.24) is 14.7 Å². The van der Waals surface area contributed by atoms with Crippen LogP contribution in [0, 0.1) is 0 Å². The second-order valence-electron chi connectivity index (χ2n) is 7.23. The molecule has 9 nitrogen and oxygen atoms in total. The molecule has 30 heavy (non-hydrogen) atoms. The lowest BCUT2D eigenvalue weighted by Crippen LogP contribution is -2.38. The summed E-state index contributed by atoms with van der Waals surface area (Å²) in [5.74, 6) is 0.983. The summed E-state index contributed by atoms with van der Waals surface area (Å²) in [5, 5.41) is 4.48. The minimum atomic E-state index is -0.387. The van der Waals surface area contributed by atoms with Crippen LogP contribution in [-0.2, 0) is 20.8 Å². The zero-order valence-electron chi connectivity index (χ0n) is 17.3. The van der Waals surface area contributed by atoms with Crippen molar-refractivity contribution < 1.29 is 28.5 Å². The minimum absolute atomic E-state index is 0.000424. The van der Waals surface area contributed by atoms with Crippen molar-refractivity contribution in [3.05, 3.63) is 35.7 Å². The molecule has 1 atom stereocenters. The van der Waals surface area contributed by atoms with Crippen molar-refractivity contribution in [3.63, 3.8) is 0 Å². The molecule has 4 rings (SSSR count). The first kappa shape index (κ1) is 20.6. The lowest BCUT2D eigenvalue weighted by molar-refractivity contribution is -0.0963. The highest BCUT2D eigenvalue weighted by Crippen LogP contribution is 2.32. The van der Waals surface area contributed by atoms with Crippen LogP contribution in [0.5, 0.6) is 11.5 Å². The average molecular weight is 417 g/mol. The highest BCUT2D eigenvalue weighted by molar-refractivity contribution is 5.90. The molecule has 0 amide bonds. The van der Waals surface area contributed by atoms with E-state index < -0.39 is 0 Å². The van der Waals surface area contributed by atoms with Crippen molar-refractivity contribution in [1.29, 1.82) is 0 Å². The summed E-state index contributed by atoms with van der Waals surface area (Å²) in [6, 6.07) is 5.63. The SMILES string of the molecule is CCOC(=O)c1cnn(-c2ccc3c(c2)OCCO3)c1CN(C)CC1COCCO1. The molecule has 1 aromatic carbocycles. The molecular weight excluding hydrogens is 390 g/mol. The Hall–Kier alpha value is -2.62. The Bertz CT molecular complexity index is 878. The first-order valence-corrected chi connectivity index (χ1v) is 10.2. The molecule has 0 saturated carbocycles. The van der Waals surface area contributed by atoms with E-state index in [1.807, 2.05) is 25.2 Å². The smallest absolute Gasteiger partial charge is 0.341 e. The van der Waals surface area contributed by atoms with E-state index in [1.54, 1.807) is 17.8 Å². The fraction of sp³-hybridized carbons (Fsp3) is 0.524. The fourth-order valence-electron chi connectivity index (χ4n) is 3.60. The summed E-state index contributed by atoms with van der Waals surface area (Å²) in [7, 11) is 1.98. The Morgan fingerprint density at radius 2 is 2.07 bits per heavy atom. The van der Waals surface area contributed by atoms with Crippen molar-refractivity contribution in [2.45, 2.75) is 19.6 Å². The standard InChI is InChI=1S/C21H27N3O6/c1-3-27-21(25)17-11-22-24(15-4-5-19-20(10-15)30-9-8-29-19)18(17)13-23(2)12-16-14-26-6-7-28-16/h4-5,10-11,16H,3,6-9,12-14H2,1-2H3. The minimum Gasteiger partial charge on any atom is -0.486 e. The molecule has 1 saturated heterocycles. The number of hydrogen-bond donors (Lipinski definition) is 0. The van der Waals surface area contributed by atoms with E-state index in [-0.39, 0.29) is 12.1 Å². The molecule has 1 fully saturated rings. The fourth-order valence-corrected chi connectivity index (χ4v) is 3.60. The number of ether oxygens (including phenoxy) is 5. The molecule has 0 aliphatic carbocycles. The molecule has 9 heteroatoms. The van der Waals surface area contributed by atoms with Crippen LogP contribution >= 0.6 is 0 Å². The number of hydrogen-bond acceptors (Lipinski definition) is 8. The van der Waals surface area contributed by atoms with Crippen molar-refractivity contribution in [2.24, 2.45) is 0 Å². The molecule has 162 valence electrons. The van der Waals surface area contributed by atoms with E-state index in [0.717, 1.165) is 11.4 Å². The zero-order chi connectivity index (χ0) is 20.9. The molecule has 2 aliphatic heterocycles. The average Bonchev–Trinajstić information content (AvgIpc) is 3.17. The van der Waals surface area contributed by atoms with E-state index in [9.17, 15) is 4.79 Å². The summed E-state index contributed by atoms with van der Waals surface area (Å²) in [5.41, 5.74) is 1.97. The molecule has 0 bridgehead atoms. The van der Waals surface area contributed by atoms with Gasteiger partial charge in [-0.2, -0.15) is 5.10 Å². The van der Waals surface area contributed by atoms with Crippen LogP contribution < -0.4 is 9.47 Å². The maximum Gasteiger partial charge on any atom is 0.341 e. The van der Waals surface area contributed by atoms with Crippen LogP contribution in [0.1, 0.15) is 23.0 Å². The van der Waals surface area contributed by atoms with E-state index in [0.29, 0.717) is 69.8 Å². The maximum atomic E-state index is 12.5. The Labute approximate surface area is 175 Å². The third kappa shape index (κ3) is 4.58. The lowest BCUT2D eigenvalue weighted by atomic mass is 10.2. The number of benzene rings is 1. The highest BCUT2D eigenvalue weighted by Gasteiger charge is 2.24. The van der Waals surface area contributed by atoms with Crippen LogP contribution in [0.3, 0.4) is 0 Å². The third-order valence-electron chi connectivity index (χ3n) is 4.95. The van der Waals surface area contributed by atoms with Gasteiger partial charge in [0.15, 0.2) is 11.5 Å². The van der Waals surface area contributed by atoms with Crippen molar-refractivity contribution in [2.75, 3.05) is 53.2 Å². The Morgan fingerprint density at radius 1 is 1.23 bits per heavy atom. The van der Waals surface area contributed by atoms with Crippen LogP contribution in [0.15, 0.2) is 24.4 Å². The largest absolute Gasteiger partial charge is 0.486 e. The zero-order valence-corrected chi connectivity index (χ0v) is 17.3. The van der Waals surface area contributed by atoms with Gasteiger partial charge in [-0.1, -0.05) is 0 Å². The Morgan fingerprint density at radius 3 is 2.83 bits per heavy atom. The van der Waals surface area contributed by atoms with E-state index in [1.165, 1.54) is 0 Å². The third-order valence-corrected chi connectivity index (χ3v) is 4.95. The van der Waals surface area contributed by atoms with Gasteiger partial charge < -0.3 is 23.7 Å². The molecule has 2 aliphatic rings. The summed E-state index contributed by atoms with van der Waals surface area (Å²) in [4.78, 5) is 14.6. The first-order chi connectivity index (χ1) is 14.7. The predicted molar refractivity (Wildman–Crippen MR) is 107 cm³/mol. The van der Waals surface area contributed by atoms with Gasteiger partial charge in [0.25, 0.3) is 0 Å². The number of esters is 1. The van der Waals surface area contributed by atoms with Gasteiger partial charge in [-0.05, 0) is 26.1 Å². The summed E-state index contributed by atoms with van der Waals surface area (Å²) >= 11 is 0. The summed E-state index contributed by atoms with van der Waals surface area (Å²) in [6.07, 6.45) is 1.55. The number of fused-ring (bicyclic) bond motifs is 1. The van der Waals surface area contributed by atoms with Crippen LogP contribution in [0.25, 0.3) is 5.69 Å². The van der Waals surface area contributed by atoms with Crippen LogP contribution in [0.4, 0.5) is 0 Å². The topological polar surface area (TPSA) is 84.3 Å². The molecule has 0 radical (unpaired) electrons. The van der Waals surface area contributed by atoms with Gasteiger partial charge in [0, 0.05) is 19.2 Å². The maximum absolute atomic E-state index is 12.5. The molecular formula is C21H27N3O6. The van der Waals surface area contributed by atoms with E-state index in [4.69, 9.17) is 23.7 Å². The quantitative estimate of drug-likeness (QED) is 0.629. The van der Waals surface area contributed by atoms with E-state index >= 15 is 0 Å². The van der Waals surface area contributed by atoms with Gasteiger partial charge in [-0.15, -0.1) is 0 Å². The monoisotopic (exact) mass is 417 g/mol. The molecule has 1 unspecified atom stereocenters. The number of rotatable bonds is 7. The van der Waals surface area contributed by atoms with Crippen LogP contribution in [-0.4, -0.2) is 80.0 Å².